The maximum Gasteiger partial charge on any atom is 0.126 e. The van der Waals surface area contributed by atoms with Gasteiger partial charge in [-0.15, -0.1) is 0 Å². The van der Waals surface area contributed by atoms with Crippen molar-refractivity contribution < 1.29 is 0 Å². The lowest BCUT2D eigenvalue weighted by Gasteiger charge is -2.21. The van der Waals surface area contributed by atoms with E-state index in [2.05, 4.69) is 10.3 Å². The Balaban J connectivity index is 1.98. The third kappa shape index (κ3) is 3.95. The fraction of sp³-hybridized carbons (Fsp3) is 0.571. The molecule has 0 amide bonds. The summed E-state index contributed by atoms with van der Waals surface area (Å²) in [7, 11) is 0. The molecule has 0 aliphatic heterocycles. The molecule has 1 aliphatic carbocycles. The molecule has 18 heavy (non-hydrogen) atoms. The van der Waals surface area contributed by atoms with Gasteiger partial charge in [0.05, 0.1) is 0 Å². The van der Waals surface area contributed by atoms with Gasteiger partial charge in [0.25, 0.3) is 0 Å². The Hall–Kier alpha value is -1.16. The molecule has 3 nitrogen and oxygen atoms in total. The first-order valence-corrected chi connectivity index (χ1v) is 7.19. The number of aromatic nitrogens is 1. The Labute approximate surface area is 114 Å². The van der Waals surface area contributed by atoms with Gasteiger partial charge in [-0.05, 0) is 25.0 Å². The van der Waals surface area contributed by atoms with Gasteiger partial charge in [-0.3, -0.25) is 0 Å². The second-order valence-corrected chi connectivity index (χ2v) is 5.42. The lowest BCUT2D eigenvalue weighted by molar-refractivity contribution is 0.471. The van der Waals surface area contributed by atoms with Gasteiger partial charge >= 0.3 is 0 Å². The zero-order chi connectivity index (χ0) is 12.8. The fourth-order valence-electron chi connectivity index (χ4n) is 2.47. The molecule has 0 radical (unpaired) electrons. The zero-order valence-corrected chi connectivity index (χ0v) is 11.5. The summed E-state index contributed by atoms with van der Waals surface area (Å²) in [6.07, 6.45) is 11.0. The highest BCUT2D eigenvalue weighted by Gasteiger charge is 2.11. The van der Waals surface area contributed by atoms with Crippen molar-refractivity contribution in [3.05, 3.63) is 23.9 Å². The van der Waals surface area contributed by atoms with Crippen LogP contribution < -0.4 is 11.1 Å². The molecule has 1 aliphatic rings. The van der Waals surface area contributed by atoms with E-state index >= 15 is 0 Å². The Morgan fingerprint density at radius 3 is 2.56 bits per heavy atom. The molecule has 2 rings (SSSR count). The van der Waals surface area contributed by atoms with E-state index in [0.29, 0.717) is 11.0 Å². The van der Waals surface area contributed by atoms with E-state index in [-0.39, 0.29) is 0 Å². The van der Waals surface area contributed by atoms with Crippen molar-refractivity contribution in [3.8, 4) is 0 Å². The number of hydrogen-bond acceptors (Lipinski definition) is 3. The molecule has 0 bridgehead atoms. The van der Waals surface area contributed by atoms with Crippen LogP contribution in [0.5, 0.6) is 0 Å². The van der Waals surface area contributed by atoms with Gasteiger partial charge in [-0.2, -0.15) is 0 Å². The second kappa shape index (κ2) is 6.69. The predicted octanol–water partition coefficient (Wildman–Crippen LogP) is 3.24. The van der Waals surface area contributed by atoms with Crippen LogP contribution in [0.2, 0.25) is 0 Å². The first-order chi connectivity index (χ1) is 8.75. The highest BCUT2D eigenvalue weighted by atomic mass is 32.1. The molecule has 98 valence electrons. The molecule has 0 unspecified atom stereocenters. The molecule has 0 atom stereocenters. The summed E-state index contributed by atoms with van der Waals surface area (Å²) >= 11 is 4.99. The molecular weight excluding hydrogens is 242 g/mol. The van der Waals surface area contributed by atoms with E-state index < -0.39 is 0 Å². The van der Waals surface area contributed by atoms with Crippen molar-refractivity contribution in [3.63, 3.8) is 0 Å². The van der Waals surface area contributed by atoms with Crippen LogP contribution in [-0.2, 0) is 0 Å². The standard InChI is InChI=1S/C14H21N3S/c15-14(18)11-8-9-16-13(10-11)17-12-6-4-2-1-3-5-7-12/h8-10,12H,1-7H2,(H2,15,18)(H,16,17). The first kappa shape index (κ1) is 13.3. The van der Waals surface area contributed by atoms with Gasteiger partial charge < -0.3 is 11.1 Å². The molecule has 0 aromatic carbocycles. The van der Waals surface area contributed by atoms with Crippen LogP contribution in [0, 0.1) is 0 Å². The third-order valence-corrected chi connectivity index (χ3v) is 3.74. The average Bonchev–Trinajstić information content (AvgIpc) is 2.33. The number of thiocarbonyl (C=S) groups is 1. The lowest BCUT2D eigenvalue weighted by Crippen LogP contribution is -2.21. The molecule has 1 saturated carbocycles. The van der Waals surface area contributed by atoms with Gasteiger partial charge in [0.2, 0.25) is 0 Å². The van der Waals surface area contributed by atoms with Crippen LogP contribution in [0.1, 0.15) is 50.5 Å². The van der Waals surface area contributed by atoms with Crippen LogP contribution in [0.15, 0.2) is 18.3 Å². The molecule has 1 heterocycles. The summed E-state index contributed by atoms with van der Waals surface area (Å²) in [5.74, 6) is 0.894. The Morgan fingerprint density at radius 2 is 1.89 bits per heavy atom. The minimum atomic E-state index is 0.429. The first-order valence-electron chi connectivity index (χ1n) is 6.78. The van der Waals surface area contributed by atoms with Crippen LogP contribution in [-0.4, -0.2) is 16.0 Å². The van der Waals surface area contributed by atoms with Crippen LogP contribution in [0.25, 0.3) is 0 Å². The van der Waals surface area contributed by atoms with Gasteiger partial charge in [-0.1, -0.05) is 44.3 Å². The number of anilines is 1. The number of nitrogens with one attached hydrogen (secondary N) is 1. The minimum Gasteiger partial charge on any atom is -0.389 e. The van der Waals surface area contributed by atoms with Crippen molar-refractivity contribution in [2.24, 2.45) is 5.73 Å². The molecule has 1 aromatic heterocycles. The largest absolute Gasteiger partial charge is 0.389 e. The summed E-state index contributed by atoms with van der Waals surface area (Å²) in [5.41, 5.74) is 6.52. The van der Waals surface area contributed by atoms with E-state index in [1.54, 1.807) is 6.20 Å². The normalized spacial score (nSPS) is 17.8. The fourth-order valence-corrected chi connectivity index (χ4v) is 2.60. The minimum absolute atomic E-state index is 0.429. The Morgan fingerprint density at radius 1 is 1.22 bits per heavy atom. The van der Waals surface area contributed by atoms with Crippen molar-refractivity contribution in [1.82, 2.24) is 4.98 Å². The second-order valence-electron chi connectivity index (χ2n) is 4.98. The monoisotopic (exact) mass is 263 g/mol. The SMILES string of the molecule is NC(=S)c1ccnc(NC2CCCCCCC2)c1. The van der Waals surface area contributed by atoms with E-state index in [9.17, 15) is 0 Å². The maximum absolute atomic E-state index is 5.64. The highest BCUT2D eigenvalue weighted by molar-refractivity contribution is 7.80. The number of pyridine rings is 1. The average molecular weight is 263 g/mol. The predicted molar refractivity (Wildman–Crippen MR) is 79.9 cm³/mol. The van der Waals surface area contributed by atoms with Gasteiger partial charge in [0.1, 0.15) is 10.8 Å². The van der Waals surface area contributed by atoms with Crippen molar-refractivity contribution in [1.29, 1.82) is 0 Å². The molecular formula is C14H21N3S. The van der Waals surface area contributed by atoms with Crippen molar-refractivity contribution >= 4 is 23.0 Å². The van der Waals surface area contributed by atoms with Gasteiger partial charge in [0.15, 0.2) is 0 Å². The van der Waals surface area contributed by atoms with Gasteiger partial charge in [-0.25, -0.2) is 4.98 Å². The highest BCUT2D eigenvalue weighted by Crippen LogP contribution is 2.20. The number of hydrogen-bond donors (Lipinski definition) is 2. The van der Waals surface area contributed by atoms with Crippen LogP contribution in [0.4, 0.5) is 5.82 Å². The quantitative estimate of drug-likeness (QED) is 0.822. The Kier molecular flexibility index (Phi) is 4.93. The summed E-state index contributed by atoms with van der Waals surface area (Å²) < 4.78 is 0. The molecule has 0 saturated heterocycles. The number of nitrogens with zero attached hydrogens (tertiary/aromatic N) is 1. The lowest BCUT2D eigenvalue weighted by atomic mass is 9.97. The number of rotatable bonds is 3. The number of nitrogens with two attached hydrogens (primary N) is 1. The van der Waals surface area contributed by atoms with E-state index in [0.717, 1.165) is 11.4 Å². The molecule has 0 spiro atoms. The topological polar surface area (TPSA) is 50.9 Å². The van der Waals surface area contributed by atoms with E-state index in [1.807, 2.05) is 12.1 Å². The maximum atomic E-state index is 5.64. The smallest absolute Gasteiger partial charge is 0.126 e. The Bertz CT molecular complexity index is 398. The molecule has 3 N–H and O–H groups in total. The molecule has 4 heteroatoms. The summed E-state index contributed by atoms with van der Waals surface area (Å²) in [6.45, 7) is 0. The van der Waals surface area contributed by atoms with E-state index in [1.165, 1.54) is 44.9 Å². The molecule has 1 fully saturated rings. The van der Waals surface area contributed by atoms with E-state index in [4.69, 9.17) is 18.0 Å². The van der Waals surface area contributed by atoms with Crippen LogP contribution >= 0.6 is 12.2 Å². The summed E-state index contributed by atoms with van der Waals surface area (Å²) in [6, 6.07) is 4.34. The van der Waals surface area contributed by atoms with Crippen molar-refractivity contribution in [2.75, 3.05) is 5.32 Å². The van der Waals surface area contributed by atoms with Gasteiger partial charge in [0, 0.05) is 17.8 Å². The third-order valence-electron chi connectivity index (χ3n) is 3.50. The summed E-state index contributed by atoms with van der Waals surface area (Å²) in [5, 5.41) is 3.52. The zero-order valence-electron chi connectivity index (χ0n) is 10.7. The summed E-state index contributed by atoms with van der Waals surface area (Å²) in [4.78, 5) is 4.77. The van der Waals surface area contributed by atoms with Crippen LogP contribution in [0.3, 0.4) is 0 Å². The van der Waals surface area contributed by atoms with Crippen molar-refractivity contribution in [2.45, 2.75) is 51.0 Å². The molecule has 1 aromatic rings.